The number of nitrogens with zero attached hydrogens (tertiary/aromatic N) is 3. The summed E-state index contributed by atoms with van der Waals surface area (Å²) in [6, 6.07) is 10.3. The molecule has 1 aromatic carbocycles. The van der Waals surface area contributed by atoms with Gasteiger partial charge in [0.1, 0.15) is 0 Å². The highest BCUT2D eigenvalue weighted by molar-refractivity contribution is 5.54. The smallest absolute Gasteiger partial charge is 0.0411 e. The normalized spacial score (nSPS) is 24.2. The number of nitrogens with one attached hydrogen (secondary N) is 1. The predicted molar refractivity (Wildman–Crippen MR) is 103 cm³/mol. The van der Waals surface area contributed by atoms with E-state index in [1.807, 2.05) is 0 Å². The van der Waals surface area contributed by atoms with Crippen LogP contribution >= 0.6 is 0 Å². The fourth-order valence-corrected chi connectivity index (χ4v) is 4.24. The molecule has 134 valence electrons. The lowest BCUT2D eigenvalue weighted by Gasteiger charge is -2.38. The van der Waals surface area contributed by atoms with Crippen molar-refractivity contribution in [1.82, 2.24) is 15.1 Å². The van der Waals surface area contributed by atoms with Gasteiger partial charge >= 0.3 is 0 Å². The maximum atomic E-state index is 3.46. The summed E-state index contributed by atoms with van der Waals surface area (Å²) in [5.74, 6) is 0. The molecule has 1 aromatic rings. The third-order valence-electron chi connectivity index (χ3n) is 5.92. The highest BCUT2D eigenvalue weighted by Crippen LogP contribution is 2.27. The van der Waals surface area contributed by atoms with Crippen molar-refractivity contribution in [3.8, 4) is 0 Å². The van der Waals surface area contributed by atoms with Gasteiger partial charge in [0, 0.05) is 37.9 Å². The Hall–Kier alpha value is -1.10. The van der Waals surface area contributed by atoms with Crippen molar-refractivity contribution in [2.45, 2.75) is 44.3 Å². The van der Waals surface area contributed by atoms with Gasteiger partial charge in [0.15, 0.2) is 0 Å². The van der Waals surface area contributed by atoms with Crippen LogP contribution in [0.3, 0.4) is 0 Å². The molecule has 0 spiro atoms. The molecular formula is C20H34N4. The highest BCUT2D eigenvalue weighted by Gasteiger charge is 2.24. The quantitative estimate of drug-likeness (QED) is 0.895. The van der Waals surface area contributed by atoms with Crippen LogP contribution in [-0.4, -0.2) is 69.2 Å². The molecule has 3 rings (SSSR count). The van der Waals surface area contributed by atoms with Crippen LogP contribution in [0.25, 0.3) is 0 Å². The van der Waals surface area contributed by atoms with Crippen molar-refractivity contribution in [1.29, 1.82) is 0 Å². The number of para-hydroxylation sites is 1. The van der Waals surface area contributed by atoms with Gasteiger partial charge in [-0.1, -0.05) is 18.2 Å². The first-order valence-corrected chi connectivity index (χ1v) is 9.56. The first-order valence-electron chi connectivity index (χ1n) is 9.56. The molecule has 24 heavy (non-hydrogen) atoms. The molecule has 1 unspecified atom stereocenters. The van der Waals surface area contributed by atoms with Gasteiger partial charge in [-0.15, -0.1) is 0 Å². The Bertz CT molecular complexity index is 510. The van der Waals surface area contributed by atoms with E-state index in [1.165, 1.54) is 63.1 Å². The van der Waals surface area contributed by atoms with E-state index in [0.29, 0.717) is 12.1 Å². The second-order valence-electron chi connectivity index (χ2n) is 7.64. The highest BCUT2D eigenvalue weighted by atomic mass is 15.2. The number of anilines is 1. The summed E-state index contributed by atoms with van der Waals surface area (Å²) in [6.07, 6.45) is 5.16. The minimum absolute atomic E-state index is 0.650. The number of likely N-dealkylation sites (tertiary alicyclic amines) is 2. The monoisotopic (exact) mass is 330 g/mol. The van der Waals surface area contributed by atoms with Gasteiger partial charge in [-0.05, 0) is 71.0 Å². The maximum Gasteiger partial charge on any atom is 0.0411 e. The molecule has 0 radical (unpaired) electrons. The first-order chi connectivity index (χ1) is 11.7. The van der Waals surface area contributed by atoms with Crippen LogP contribution in [0.5, 0.6) is 0 Å². The van der Waals surface area contributed by atoms with Gasteiger partial charge in [0.05, 0.1) is 0 Å². The van der Waals surface area contributed by atoms with Crippen LogP contribution in [0.2, 0.25) is 0 Å². The molecule has 1 N–H and O–H groups in total. The van der Waals surface area contributed by atoms with Crippen LogP contribution in [0, 0.1) is 0 Å². The Balaban J connectivity index is 1.68. The lowest BCUT2D eigenvalue weighted by Crippen LogP contribution is -2.44. The van der Waals surface area contributed by atoms with Crippen molar-refractivity contribution in [2.24, 2.45) is 0 Å². The minimum Gasteiger partial charge on any atom is -0.371 e. The summed E-state index contributed by atoms with van der Waals surface area (Å²) in [7, 11) is 6.62. The topological polar surface area (TPSA) is 21.8 Å². The molecule has 0 aliphatic carbocycles. The summed E-state index contributed by atoms with van der Waals surface area (Å²) in [4.78, 5) is 7.61. The van der Waals surface area contributed by atoms with Crippen molar-refractivity contribution in [2.75, 3.05) is 52.2 Å². The van der Waals surface area contributed by atoms with Gasteiger partial charge in [0.25, 0.3) is 0 Å². The van der Waals surface area contributed by atoms with E-state index < -0.39 is 0 Å². The van der Waals surface area contributed by atoms with E-state index in [-0.39, 0.29) is 0 Å². The average Bonchev–Trinajstić information content (AvgIpc) is 2.62. The molecule has 4 heteroatoms. The lowest BCUT2D eigenvalue weighted by molar-refractivity contribution is 0.188. The third-order valence-corrected chi connectivity index (χ3v) is 5.92. The lowest BCUT2D eigenvalue weighted by atomic mass is 10.0. The number of rotatable bonds is 5. The van der Waals surface area contributed by atoms with E-state index in [9.17, 15) is 0 Å². The summed E-state index contributed by atoms with van der Waals surface area (Å²) < 4.78 is 0. The molecule has 0 amide bonds. The van der Waals surface area contributed by atoms with Gasteiger partial charge in [-0.25, -0.2) is 0 Å². The SMILES string of the molecule is CNC1CCCN(Cc2ccccc2N(C)C2CCN(C)CC2)C1. The summed E-state index contributed by atoms with van der Waals surface area (Å²) in [6.45, 7) is 5.90. The Labute approximate surface area is 147 Å². The molecule has 0 aromatic heterocycles. The Kier molecular flexibility index (Phi) is 6.14. The fraction of sp³-hybridized carbons (Fsp3) is 0.700. The van der Waals surface area contributed by atoms with Crippen LogP contribution in [0.4, 0.5) is 5.69 Å². The molecular weight excluding hydrogens is 296 g/mol. The van der Waals surface area contributed by atoms with E-state index >= 15 is 0 Å². The number of benzene rings is 1. The molecule has 2 heterocycles. The van der Waals surface area contributed by atoms with E-state index in [2.05, 4.69) is 65.4 Å². The predicted octanol–water partition coefficient (Wildman–Crippen LogP) is 2.40. The zero-order valence-corrected chi connectivity index (χ0v) is 15.7. The summed E-state index contributed by atoms with van der Waals surface area (Å²) in [5.41, 5.74) is 2.91. The van der Waals surface area contributed by atoms with Crippen molar-refractivity contribution in [3.05, 3.63) is 29.8 Å². The Morgan fingerprint density at radius 3 is 2.62 bits per heavy atom. The molecule has 2 aliphatic rings. The zero-order valence-electron chi connectivity index (χ0n) is 15.7. The maximum absolute atomic E-state index is 3.46. The minimum atomic E-state index is 0.650. The molecule has 0 saturated carbocycles. The second-order valence-corrected chi connectivity index (χ2v) is 7.64. The standard InChI is InChI=1S/C20H34N4/c1-21-18-8-6-12-24(16-18)15-17-7-4-5-9-20(17)23(3)19-10-13-22(2)14-11-19/h4-5,7,9,18-19,21H,6,8,10-16H2,1-3H3. The van der Waals surface area contributed by atoms with Crippen molar-refractivity contribution < 1.29 is 0 Å². The molecule has 2 saturated heterocycles. The van der Waals surface area contributed by atoms with Crippen LogP contribution in [0.15, 0.2) is 24.3 Å². The summed E-state index contributed by atoms with van der Waals surface area (Å²) >= 11 is 0. The fourth-order valence-electron chi connectivity index (χ4n) is 4.24. The van der Waals surface area contributed by atoms with Crippen molar-refractivity contribution >= 4 is 5.69 Å². The Morgan fingerprint density at radius 1 is 1.12 bits per heavy atom. The average molecular weight is 331 g/mol. The van der Waals surface area contributed by atoms with E-state index in [1.54, 1.807) is 0 Å². The van der Waals surface area contributed by atoms with Gasteiger partial charge in [-0.3, -0.25) is 4.90 Å². The molecule has 1 atom stereocenters. The van der Waals surface area contributed by atoms with Crippen LogP contribution in [-0.2, 0) is 6.54 Å². The molecule has 4 nitrogen and oxygen atoms in total. The summed E-state index contributed by atoms with van der Waals surface area (Å²) in [5, 5.41) is 3.46. The second kappa shape index (κ2) is 8.32. The number of hydrogen-bond donors (Lipinski definition) is 1. The number of hydrogen-bond acceptors (Lipinski definition) is 4. The van der Waals surface area contributed by atoms with Gasteiger partial charge < -0.3 is 15.1 Å². The Morgan fingerprint density at radius 2 is 1.88 bits per heavy atom. The van der Waals surface area contributed by atoms with Crippen molar-refractivity contribution in [3.63, 3.8) is 0 Å². The third kappa shape index (κ3) is 4.29. The molecule has 2 aliphatic heterocycles. The first kappa shape index (κ1) is 17.7. The van der Waals surface area contributed by atoms with Gasteiger partial charge in [-0.2, -0.15) is 0 Å². The van der Waals surface area contributed by atoms with Crippen LogP contribution in [0.1, 0.15) is 31.2 Å². The van der Waals surface area contributed by atoms with E-state index in [0.717, 1.165) is 6.54 Å². The van der Waals surface area contributed by atoms with E-state index in [4.69, 9.17) is 0 Å². The largest absolute Gasteiger partial charge is 0.371 e. The molecule has 0 bridgehead atoms. The number of piperidine rings is 2. The van der Waals surface area contributed by atoms with Crippen LogP contribution < -0.4 is 10.2 Å². The molecule has 2 fully saturated rings. The van der Waals surface area contributed by atoms with Gasteiger partial charge in [0.2, 0.25) is 0 Å². The number of likely N-dealkylation sites (N-methyl/N-ethyl adjacent to an activating group) is 1. The zero-order chi connectivity index (χ0) is 16.9.